The minimum atomic E-state index is -3.00. The highest BCUT2D eigenvalue weighted by molar-refractivity contribution is 7.91. The maximum atomic E-state index is 12.6. The van der Waals surface area contributed by atoms with Crippen LogP contribution in [-0.4, -0.2) is 31.9 Å². The fourth-order valence-electron chi connectivity index (χ4n) is 1.78. The maximum absolute atomic E-state index is 12.6. The van der Waals surface area contributed by atoms with Crippen LogP contribution in [0.15, 0.2) is 24.3 Å². The van der Waals surface area contributed by atoms with Crippen molar-refractivity contribution in [3.05, 3.63) is 35.6 Å². The Labute approximate surface area is 98.8 Å². The van der Waals surface area contributed by atoms with Crippen LogP contribution in [0.25, 0.3) is 0 Å². The lowest BCUT2D eigenvalue weighted by Gasteiger charge is -2.10. The van der Waals surface area contributed by atoms with E-state index in [0.717, 1.165) is 0 Å². The zero-order valence-corrected chi connectivity index (χ0v) is 9.84. The highest BCUT2D eigenvalue weighted by Crippen LogP contribution is 2.12. The summed E-state index contributed by atoms with van der Waals surface area (Å²) in [6.45, 7) is 0. The van der Waals surface area contributed by atoms with E-state index in [0.29, 0.717) is 12.0 Å². The molecular weight excluding hydrogens is 245 g/mol. The van der Waals surface area contributed by atoms with Crippen molar-refractivity contribution in [3.63, 3.8) is 0 Å². The number of benzene rings is 1. The van der Waals surface area contributed by atoms with Crippen molar-refractivity contribution in [2.45, 2.75) is 12.5 Å². The number of rotatable bonds is 2. The first-order valence-corrected chi connectivity index (χ1v) is 7.05. The molecule has 1 aliphatic rings. The number of halogens is 1. The van der Waals surface area contributed by atoms with E-state index in [2.05, 4.69) is 5.32 Å². The summed E-state index contributed by atoms with van der Waals surface area (Å²) in [4.78, 5) is 11.7. The molecule has 0 bridgehead atoms. The SMILES string of the molecule is O=C(N[C@H]1CCS(=O)(=O)C1)c1ccc(F)cc1. The molecular formula is C11H12FNO3S. The topological polar surface area (TPSA) is 63.2 Å². The van der Waals surface area contributed by atoms with Gasteiger partial charge in [-0.25, -0.2) is 12.8 Å². The molecule has 0 spiro atoms. The Bertz CT molecular complexity index is 524. The van der Waals surface area contributed by atoms with Crippen LogP contribution in [0.2, 0.25) is 0 Å². The van der Waals surface area contributed by atoms with Crippen molar-refractivity contribution in [2.75, 3.05) is 11.5 Å². The molecule has 1 saturated heterocycles. The highest BCUT2D eigenvalue weighted by Gasteiger charge is 2.29. The number of amides is 1. The number of hydrogen-bond donors (Lipinski definition) is 1. The van der Waals surface area contributed by atoms with Gasteiger partial charge in [-0.15, -0.1) is 0 Å². The average Bonchev–Trinajstić information content (AvgIpc) is 2.59. The van der Waals surface area contributed by atoms with E-state index in [-0.39, 0.29) is 23.5 Å². The van der Waals surface area contributed by atoms with Crippen molar-refractivity contribution in [1.29, 1.82) is 0 Å². The van der Waals surface area contributed by atoms with Gasteiger partial charge in [-0.05, 0) is 30.7 Å². The van der Waals surface area contributed by atoms with E-state index < -0.39 is 15.7 Å². The van der Waals surface area contributed by atoms with Gasteiger partial charge in [-0.1, -0.05) is 0 Å². The van der Waals surface area contributed by atoms with Crippen molar-refractivity contribution < 1.29 is 17.6 Å². The van der Waals surface area contributed by atoms with Gasteiger partial charge in [-0.3, -0.25) is 4.79 Å². The first-order valence-electron chi connectivity index (χ1n) is 5.23. The summed E-state index contributed by atoms with van der Waals surface area (Å²) >= 11 is 0. The van der Waals surface area contributed by atoms with E-state index >= 15 is 0 Å². The third-order valence-electron chi connectivity index (χ3n) is 2.67. The second-order valence-electron chi connectivity index (χ2n) is 4.08. The minimum Gasteiger partial charge on any atom is -0.348 e. The Hall–Kier alpha value is -1.43. The standard InChI is InChI=1S/C11H12FNO3S/c12-9-3-1-8(2-4-9)11(14)13-10-5-6-17(15,16)7-10/h1-4,10H,5-7H2,(H,13,14)/t10-/m0/s1. The summed E-state index contributed by atoms with van der Waals surface area (Å²) in [6.07, 6.45) is 0.440. The zero-order chi connectivity index (χ0) is 12.5. The summed E-state index contributed by atoms with van der Waals surface area (Å²) < 4.78 is 35.1. The summed E-state index contributed by atoms with van der Waals surface area (Å²) in [7, 11) is -3.00. The van der Waals surface area contributed by atoms with Crippen LogP contribution in [0.1, 0.15) is 16.8 Å². The lowest BCUT2D eigenvalue weighted by atomic mass is 10.2. The lowest BCUT2D eigenvalue weighted by Crippen LogP contribution is -2.35. The second-order valence-corrected chi connectivity index (χ2v) is 6.31. The minimum absolute atomic E-state index is 0.0140. The van der Waals surface area contributed by atoms with Crippen LogP contribution >= 0.6 is 0 Å². The predicted octanol–water partition coefficient (Wildman–Crippen LogP) is 0.743. The van der Waals surface area contributed by atoms with Gasteiger partial charge in [0.25, 0.3) is 5.91 Å². The molecule has 92 valence electrons. The quantitative estimate of drug-likeness (QED) is 0.850. The third kappa shape index (κ3) is 3.03. The average molecular weight is 257 g/mol. The summed E-state index contributed by atoms with van der Waals surface area (Å²) in [5.41, 5.74) is 0.329. The van der Waals surface area contributed by atoms with Gasteiger partial charge in [0.15, 0.2) is 9.84 Å². The number of carbonyl (C=O) groups is 1. The van der Waals surface area contributed by atoms with Crippen LogP contribution in [-0.2, 0) is 9.84 Å². The normalized spacial score (nSPS) is 22.3. The van der Waals surface area contributed by atoms with Crippen molar-refractivity contribution in [1.82, 2.24) is 5.32 Å². The molecule has 1 amide bonds. The predicted molar refractivity (Wildman–Crippen MR) is 60.9 cm³/mol. The summed E-state index contributed by atoms with van der Waals surface area (Å²) in [5, 5.41) is 2.63. The molecule has 1 N–H and O–H groups in total. The molecule has 4 nitrogen and oxygen atoms in total. The van der Waals surface area contributed by atoms with E-state index in [9.17, 15) is 17.6 Å². The van der Waals surface area contributed by atoms with Gasteiger partial charge in [0.1, 0.15) is 5.82 Å². The van der Waals surface area contributed by atoms with Crippen molar-refractivity contribution in [3.8, 4) is 0 Å². The van der Waals surface area contributed by atoms with Gasteiger partial charge < -0.3 is 5.32 Å². The number of hydrogen-bond acceptors (Lipinski definition) is 3. The van der Waals surface area contributed by atoms with Gasteiger partial charge in [0.05, 0.1) is 11.5 Å². The van der Waals surface area contributed by atoms with Crippen molar-refractivity contribution >= 4 is 15.7 Å². The van der Waals surface area contributed by atoms with Crippen LogP contribution in [0.3, 0.4) is 0 Å². The van der Waals surface area contributed by atoms with E-state index in [1.807, 2.05) is 0 Å². The Morgan fingerprint density at radius 3 is 2.47 bits per heavy atom. The molecule has 1 fully saturated rings. The van der Waals surface area contributed by atoms with Crippen LogP contribution in [0.4, 0.5) is 4.39 Å². The molecule has 1 atom stereocenters. The number of sulfone groups is 1. The van der Waals surface area contributed by atoms with Crippen LogP contribution in [0, 0.1) is 5.82 Å². The monoisotopic (exact) mass is 257 g/mol. The molecule has 0 aromatic heterocycles. The van der Waals surface area contributed by atoms with Gasteiger partial charge in [-0.2, -0.15) is 0 Å². The Balaban J connectivity index is 2.01. The molecule has 1 aromatic rings. The molecule has 0 aliphatic carbocycles. The Morgan fingerprint density at radius 2 is 1.94 bits per heavy atom. The van der Waals surface area contributed by atoms with Gasteiger partial charge in [0.2, 0.25) is 0 Å². The van der Waals surface area contributed by atoms with E-state index in [4.69, 9.17) is 0 Å². The Kier molecular flexibility index (Phi) is 3.15. The molecule has 2 rings (SSSR count). The first-order chi connectivity index (χ1) is 7.96. The first kappa shape index (κ1) is 12.0. The van der Waals surface area contributed by atoms with Crippen LogP contribution in [0.5, 0.6) is 0 Å². The van der Waals surface area contributed by atoms with Gasteiger partial charge in [0, 0.05) is 11.6 Å². The smallest absolute Gasteiger partial charge is 0.251 e. The van der Waals surface area contributed by atoms with E-state index in [1.54, 1.807) is 0 Å². The molecule has 1 aliphatic heterocycles. The molecule has 6 heteroatoms. The molecule has 17 heavy (non-hydrogen) atoms. The largest absolute Gasteiger partial charge is 0.348 e. The molecule has 0 radical (unpaired) electrons. The lowest BCUT2D eigenvalue weighted by molar-refractivity contribution is 0.0941. The zero-order valence-electron chi connectivity index (χ0n) is 9.02. The molecule has 1 heterocycles. The van der Waals surface area contributed by atoms with E-state index in [1.165, 1.54) is 24.3 Å². The molecule has 0 unspecified atom stereocenters. The van der Waals surface area contributed by atoms with Crippen LogP contribution < -0.4 is 5.32 Å². The Morgan fingerprint density at radius 1 is 1.29 bits per heavy atom. The van der Waals surface area contributed by atoms with Gasteiger partial charge >= 0.3 is 0 Å². The fraction of sp³-hybridized carbons (Fsp3) is 0.364. The molecule has 0 saturated carbocycles. The maximum Gasteiger partial charge on any atom is 0.251 e. The fourth-order valence-corrected chi connectivity index (χ4v) is 3.45. The van der Waals surface area contributed by atoms with Crippen molar-refractivity contribution in [2.24, 2.45) is 0 Å². The highest BCUT2D eigenvalue weighted by atomic mass is 32.2. The molecule has 1 aromatic carbocycles. The third-order valence-corrected chi connectivity index (χ3v) is 4.44. The number of carbonyl (C=O) groups excluding carboxylic acids is 1. The summed E-state index contributed by atoms with van der Waals surface area (Å²) in [5.74, 6) is -0.682. The second kappa shape index (κ2) is 4.44. The summed E-state index contributed by atoms with van der Waals surface area (Å²) in [6, 6.07) is 4.79. The number of nitrogens with one attached hydrogen (secondary N) is 1.